The van der Waals surface area contributed by atoms with E-state index in [4.69, 9.17) is 20.8 Å². The molecule has 1 fully saturated rings. The van der Waals surface area contributed by atoms with Gasteiger partial charge >= 0.3 is 0 Å². The summed E-state index contributed by atoms with van der Waals surface area (Å²) in [5, 5.41) is 9.10. The third-order valence-electron chi connectivity index (χ3n) is 5.24. The van der Waals surface area contributed by atoms with E-state index in [1.807, 2.05) is 36.4 Å². The van der Waals surface area contributed by atoms with Crippen LogP contribution in [0.2, 0.25) is 5.02 Å². The van der Waals surface area contributed by atoms with Crippen molar-refractivity contribution in [3.05, 3.63) is 65.0 Å². The van der Waals surface area contributed by atoms with E-state index >= 15 is 0 Å². The van der Waals surface area contributed by atoms with Crippen molar-refractivity contribution in [2.24, 2.45) is 0 Å². The lowest BCUT2D eigenvalue weighted by molar-refractivity contribution is -1.02. The normalized spacial score (nSPS) is 19.5. The van der Waals surface area contributed by atoms with E-state index in [1.165, 1.54) is 10.5 Å². The summed E-state index contributed by atoms with van der Waals surface area (Å²) in [4.78, 5) is 3.10. The second kappa shape index (κ2) is 8.73. The van der Waals surface area contributed by atoms with Gasteiger partial charge in [0.05, 0.1) is 7.11 Å². The first-order valence-electron chi connectivity index (χ1n) is 9.58. The van der Waals surface area contributed by atoms with E-state index < -0.39 is 0 Å². The molecular weight excluding hydrogens is 376 g/mol. The van der Waals surface area contributed by atoms with Gasteiger partial charge in [0.25, 0.3) is 5.89 Å². The van der Waals surface area contributed by atoms with Crippen molar-refractivity contribution in [1.29, 1.82) is 0 Å². The minimum atomic E-state index is 0.551. The molecule has 1 aromatic heterocycles. The number of hydrogen-bond acceptors (Lipinski definition) is 4. The van der Waals surface area contributed by atoms with Crippen molar-refractivity contribution in [3.63, 3.8) is 0 Å². The van der Waals surface area contributed by atoms with Gasteiger partial charge in [0.1, 0.15) is 38.5 Å². The van der Waals surface area contributed by atoms with Gasteiger partial charge in [-0.05, 0) is 48.5 Å². The van der Waals surface area contributed by atoms with E-state index in [9.17, 15) is 0 Å². The fourth-order valence-electron chi connectivity index (χ4n) is 3.59. The lowest BCUT2D eigenvalue weighted by Crippen LogP contribution is -3.27. The number of methoxy groups -OCH3 is 1. The number of hydrogen-bond donors (Lipinski definition) is 2. The first kappa shape index (κ1) is 18.9. The Morgan fingerprint density at radius 2 is 1.54 bits per heavy atom. The molecule has 2 N–H and O–H groups in total. The molecule has 4 rings (SSSR count). The number of nitrogens with one attached hydrogen (secondary N) is 2. The molecule has 146 valence electrons. The number of halogens is 1. The van der Waals surface area contributed by atoms with Crippen molar-refractivity contribution in [2.45, 2.75) is 13.1 Å². The third-order valence-corrected chi connectivity index (χ3v) is 5.49. The molecule has 28 heavy (non-hydrogen) atoms. The first-order valence-corrected chi connectivity index (χ1v) is 9.96. The monoisotopic (exact) mass is 400 g/mol. The Hall–Kier alpha value is -2.41. The third kappa shape index (κ3) is 4.70. The summed E-state index contributed by atoms with van der Waals surface area (Å²) in [6, 6.07) is 15.8. The summed E-state index contributed by atoms with van der Waals surface area (Å²) >= 11 is 5.93. The lowest BCUT2D eigenvalue weighted by Gasteiger charge is -2.29. The number of rotatable bonds is 6. The van der Waals surface area contributed by atoms with Crippen LogP contribution in [0.4, 0.5) is 0 Å². The Morgan fingerprint density at radius 1 is 0.893 bits per heavy atom. The highest BCUT2D eigenvalue weighted by molar-refractivity contribution is 6.30. The summed E-state index contributed by atoms with van der Waals surface area (Å²) in [6.45, 7) is 6.31. The highest BCUT2D eigenvalue weighted by atomic mass is 35.5. The molecule has 1 aliphatic heterocycles. The van der Waals surface area contributed by atoms with Gasteiger partial charge in [-0.2, -0.15) is 0 Å². The van der Waals surface area contributed by atoms with E-state index in [1.54, 1.807) is 12.0 Å². The average Bonchev–Trinajstić information content (AvgIpc) is 3.19. The van der Waals surface area contributed by atoms with Gasteiger partial charge < -0.3 is 19.0 Å². The minimum absolute atomic E-state index is 0.551. The molecule has 6 nitrogen and oxygen atoms in total. The number of benzene rings is 2. The molecule has 1 aliphatic rings. The zero-order valence-electron chi connectivity index (χ0n) is 16.0. The Kier molecular flexibility index (Phi) is 5.90. The highest BCUT2D eigenvalue weighted by Gasteiger charge is 2.25. The van der Waals surface area contributed by atoms with Crippen LogP contribution in [0, 0.1) is 0 Å². The summed E-state index contributed by atoms with van der Waals surface area (Å²) < 4.78 is 11.1. The summed E-state index contributed by atoms with van der Waals surface area (Å²) in [5.41, 5.74) is 2.25. The summed E-state index contributed by atoms with van der Waals surface area (Å²) in [7, 11) is 1.70. The smallest absolute Gasteiger partial charge is 0.271 e. The maximum absolute atomic E-state index is 5.93. The standard InChI is InChI=1S/C21H23ClN4O2/c1-27-19-8-2-16(3-9-19)14-25-10-12-26(13-11-25)15-20-23-24-21(28-20)17-4-6-18(22)7-5-17/h2-9H,10-15H2,1H3/p+2. The lowest BCUT2D eigenvalue weighted by atomic mass is 10.2. The Balaban J connectivity index is 1.28. The highest BCUT2D eigenvalue weighted by Crippen LogP contribution is 2.19. The number of ether oxygens (including phenoxy) is 1. The fraction of sp³-hybridized carbons (Fsp3) is 0.333. The summed E-state index contributed by atoms with van der Waals surface area (Å²) in [6.07, 6.45) is 0. The van der Waals surface area contributed by atoms with Gasteiger partial charge in [0, 0.05) is 16.1 Å². The van der Waals surface area contributed by atoms with Crippen LogP contribution in [-0.2, 0) is 13.1 Å². The van der Waals surface area contributed by atoms with Gasteiger partial charge in [-0.1, -0.05) is 11.6 Å². The minimum Gasteiger partial charge on any atom is -0.497 e. The van der Waals surface area contributed by atoms with E-state index in [0.29, 0.717) is 16.8 Å². The number of aromatic nitrogens is 2. The Morgan fingerprint density at radius 3 is 2.18 bits per heavy atom. The molecular formula is C21H25ClN4O2+2. The van der Waals surface area contributed by atoms with Crippen molar-refractivity contribution in [2.75, 3.05) is 33.3 Å². The molecule has 7 heteroatoms. The largest absolute Gasteiger partial charge is 0.497 e. The quantitative estimate of drug-likeness (QED) is 0.645. The van der Waals surface area contributed by atoms with E-state index in [2.05, 4.69) is 22.3 Å². The van der Waals surface area contributed by atoms with Gasteiger partial charge in [-0.15, -0.1) is 10.2 Å². The van der Waals surface area contributed by atoms with Gasteiger partial charge in [-0.3, -0.25) is 0 Å². The van der Waals surface area contributed by atoms with Crippen molar-refractivity contribution < 1.29 is 19.0 Å². The molecule has 2 aromatic carbocycles. The van der Waals surface area contributed by atoms with Crippen LogP contribution in [0.15, 0.2) is 52.9 Å². The number of quaternary nitrogens is 2. The average molecular weight is 401 g/mol. The van der Waals surface area contributed by atoms with Crippen LogP contribution in [0.1, 0.15) is 11.5 Å². The molecule has 0 spiro atoms. The van der Waals surface area contributed by atoms with E-state index in [0.717, 1.165) is 50.6 Å². The van der Waals surface area contributed by atoms with Crippen LogP contribution >= 0.6 is 11.6 Å². The topological polar surface area (TPSA) is 57.0 Å². The maximum atomic E-state index is 5.93. The van der Waals surface area contributed by atoms with Crippen molar-refractivity contribution >= 4 is 11.6 Å². The van der Waals surface area contributed by atoms with Crippen molar-refractivity contribution in [1.82, 2.24) is 10.2 Å². The predicted molar refractivity (Wildman–Crippen MR) is 107 cm³/mol. The summed E-state index contributed by atoms with van der Waals surface area (Å²) in [5.74, 6) is 2.15. The molecule has 3 aromatic rings. The molecule has 0 radical (unpaired) electrons. The Bertz CT molecular complexity index is 888. The van der Waals surface area contributed by atoms with Crippen LogP contribution in [0.3, 0.4) is 0 Å². The van der Waals surface area contributed by atoms with Crippen molar-refractivity contribution in [3.8, 4) is 17.2 Å². The molecule has 1 saturated heterocycles. The molecule has 0 aliphatic carbocycles. The zero-order chi connectivity index (χ0) is 19.3. The molecule has 0 bridgehead atoms. The van der Waals surface area contributed by atoms with Crippen LogP contribution < -0.4 is 14.5 Å². The van der Waals surface area contributed by atoms with Gasteiger partial charge in [0.15, 0.2) is 6.54 Å². The second-order valence-corrected chi connectivity index (χ2v) is 7.65. The van der Waals surface area contributed by atoms with E-state index in [-0.39, 0.29) is 0 Å². The SMILES string of the molecule is COc1ccc(C[NH+]2CC[NH+](Cc3nnc(-c4ccc(Cl)cc4)o3)CC2)cc1. The molecule has 2 heterocycles. The molecule has 0 saturated carbocycles. The van der Waals surface area contributed by atoms with Gasteiger partial charge in [-0.25, -0.2) is 0 Å². The van der Waals surface area contributed by atoms with Crippen LogP contribution in [0.5, 0.6) is 5.75 Å². The Labute approximate surface area is 169 Å². The van der Waals surface area contributed by atoms with Crippen LogP contribution in [0.25, 0.3) is 11.5 Å². The molecule has 0 atom stereocenters. The molecule has 0 unspecified atom stereocenters. The number of nitrogens with zero attached hydrogens (tertiary/aromatic N) is 2. The predicted octanol–water partition coefficient (Wildman–Crippen LogP) is 0.882. The maximum Gasteiger partial charge on any atom is 0.271 e. The fourth-order valence-corrected chi connectivity index (χ4v) is 3.72. The van der Waals surface area contributed by atoms with Crippen LogP contribution in [-0.4, -0.2) is 43.5 Å². The molecule has 0 amide bonds. The first-order chi connectivity index (χ1) is 13.7. The second-order valence-electron chi connectivity index (χ2n) is 7.21. The van der Waals surface area contributed by atoms with Gasteiger partial charge in [0.2, 0.25) is 5.89 Å². The number of piperazine rings is 1. The zero-order valence-corrected chi connectivity index (χ0v) is 16.7.